The molecule has 0 fully saturated rings. The van der Waals surface area contributed by atoms with Crippen LogP contribution in [0.5, 0.6) is 11.5 Å². The van der Waals surface area contributed by atoms with E-state index in [2.05, 4.69) is 0 Å². The average Bonchev–Trinajstić information content (AvgIpc) is 2.27. The molecule has 1 rings (SSSR count). The number of ether oxygens (including phenoxy) is 2. The molecule has 0 saturated heterocycles. The molecule has 1 aromatic rings. The van der Waals surface area contributed by atoms with Gasteiger partial charge < -0.3 is 14.6 Å². The van der Waals surface area contributed by atoms with E-state index in [4.69, 9.17) is 9.47 Å². The largest absolute Gasteiger partial charge is 0.493 e. The summed E-state index contributed by atoms with van der Waals surface area (Å²) in [6.45, 7) is 8.44. The molecule has 3 heteroatoms. The van der Waals surface area contributed by atoms with Gasteiger partial charge in [-0.15, -0.1) is 0 Å². The van der Waals surface area contributed by atoms with E-state index >= 15 is 0 Å². The SMILES string of the molecule is CCOc1c(OC)cccc1C(O)C(C)(C)C. The Morgan fingerprint density at radius 1 is 1.29 bits per heavy atom. The molecule has 0 bridgehead atoms. The predicted molar refractivity (Wildman–Crippen MR) is 68.6 cm³/mol. The van der Waals surface area contributed by atoms with Gasteiger partial charge >= 0.3 is 0 Å². The first-order valence-electron chi connectivity index (χ1n) is 5.89. The molecule has 1 unspecified atom stereocenters. The first-order valence-corrected chi connectivity index (χ1v) is 5.89. The Labute approximate surface area is 103 Å². The molecular formula is C14H22O3. The van der Waals surface area contributed by atoms with Gasteiger partial charge in [-0.2, -0.15) is 0 Å². The summed E-state index contributed by atoms with van der Waals surface area (Å²) in [4.78, 5) is 0. The van der Waals surface area contributed by atoms with Crippen LogP contribution >= 0.6 is 0 Å². The van der Waals surface area contributed by atoms with Crippen LogP contribution in [0, 0.1) is 5.41 Å². The fraction of sp³-hybridized carbons (Fsp3) is 0.571. The Balaban J connectivity index is 3.22. The van der Waals surface area contributed by atoms with Gasteiger partial charge in [-0.25, -0.2) is 0 Å². The quantitative estimate of drug-likeness (QED) is 0.875. The molecule has 0 heterocycles. The van der Waals surface area contributed by atoms with Crippen molar-refractivity contribution in [2.45, 2.75) is 33.8 Å². The van der Waals surface area contributed by atoms with E-state index in [0.29, 0.717) is 18.1 Å². The number of benzene rings is 1. The second-order valence-electron chi connectivity index (χ2n) is 5.08. The fourth-order valence-electron chi connectivity index (χ4n) is 1.67. The minimum Gasteiger partial charge on any atom is -0.493 e. The minimum atomic E-state index is -0.584. The Morgan fingerprint density at radius 2 is 1.94 bits per heavy atom. The first kappa shape index (κ1) is 13.8. The van der Waals surface area contributed by atoms with Crippen molar-refractivity contribution < 1.29 is 14.6 Å². The van der Waals surface area contributed by atoms with E-state index in [1.807, 2.05) is 45.9 Å². The summed E-state index contributed by atoms with van der Waals surface area (Å²) in [7, 11) is 1.60. The zero-order valence-electron chi connectivity index (χ0n) is 11.3. The predicted octanol–water partition coefficient (Wildman–Crippen LogP) is 3.17. The van der Waals surface area contributed by atoms with Crippen molar-refractivity contribution >= 4 is 0 Å². The zero-order chi connectivity index (χ0) is 13.1. The molecule has 0 aliphatic heterocycles. The molecule has 96 valence electrons. The van der Waals surface area contributed by atoms with Gasteiger partial charge in [0.2, 0.25) is 0 Å². The van der Waals surface area contributed by atoms with Crippen LogP contribution in [0.4, 0.5) is 0 Å². The lowest BCUT2D eigenvalue weighted by molar-refractivity contribution is 0.0595. The highest BCUT2D eigenvalue weighted by Gasteiger charge is 2.27. The number of para-hydroxylation sites is 1. The molecule has 0 aromatic heterocycles. The highest BCUT2D eigenvalue weighted by Crippen LogP contribution is 2.41. The Morgan fingerprint density at radius 3 is 2.41 bits per heavy atom. The third-order valence-electron chi connectivity index (χ3n) is 2.63. The van der Waals surface area contributed by atoms with Crippen LogP contribution < -0.4 is 9.47 Å². The molecule has 1 aromatic carbocycles. The monoisotopic (exact) mass is 238 g/mol. The second-order valence-corrected chi connectivity index (χ2v) is 5.08. The van der Waals surface area contributed by atoms with Crippen LogP contribution in [0.3, 0.4) is 0 Å². The van der Waals surface area contributed by atoms with Crippen LogP contribution in [0.2, 0.25) is 0 Å². The molecule has 3 nitrogen and oxygen atoms in total. The summed E-state index contributed by atoms with van der Waals surface area (Å²) in [5.74, 6) is 1.30. The number of aliphatic hydroxyl groups is 1. The third kappa shape index (κ3) is 3.13. The van der Waals surface area contributed by atoms with Crippen molar-refractivity contribution in [2.75, 3.05) is 13.7 Å². The summed E-state index contributed by atoms with van der Waals surface area (Å²) < 4.78 is 10.9. The molecule has 17 heavy (non-hydrogen) atoms. The standard InChI is InChI=1S/C14H22O3/c1-6-17-12-10(13(15)14(2,3)4)8-7-9-11(12)16-5/h7-9,13,15H,6H2,1-5H3. The number of rotatable bonds is 4. The lowest BCUT2D eigenvalue weighted by atomic mass is 9.84. The average molecular weight is 238 g/mol. The molecule has 0 amide bonds. The summed E-state index contributed by atoms with van der Waals surface area (Å²) >= 11 is 0. The van der Waals surface area contributed by atoms with Gasteiger partial charge in [0.1, 0.15) is 0 Å². The molecule has 0 spiro atoms. The summed E-state index contributed by atoms with van der Waals surface area (Å²) in [5, 5.41) is 10.3. The normalized spacial score (nSPS) is 13.3. The van der Waals surface area contributed by atoms with Crippen LogP contribution in [0.25, 0.3) is 0 Å². The van der Waals surface area contributed by atoms with E-state index in [0.717, 1.165) is 5.56 Å². The number of hydrogen-bond acceptors (Lipinski definition) is 3. The van der Waals surface area contributed by atoms with Crippen molar-refractivity contribution in [3.8, 4) is 11.5 Å². The first-order chi connectivity index (χ1) is 7.91. The minimum absolute atomic E-state index is 0.238. The van der Waals surface area contributed by atoms with Gasteiger partial charge in [-0.1, -0.05) is 32.9 Å². The van der Waals surface area contributed by atoms with Gasteiger partial charge in [0.05, 0.1) is 19.8 Å². The van der Waals surface area contributed by atoms with Gasteiger partial charge in [0, 0.05) is 5.56 Å². The number of methoxy groups -OCH3 is 1. The zero-order valence-corrected chi connectivity index (χ0v) is 11.3. The van der Waals surface area contributed by atoms with E-state index in [1.165, 1.54) is 0 Å². The van der Waals surface area contributed by atoms with Crippen molar-refractivity contribution in [2.24, 2.45) is 5.41 Å². The lowest BCUT2D eigenvalue weighted by Gasteiger charge is -2.28. The fourth-order valence-corrected chi connectivity index (χ4v) is 1.67. The van der Waals surface area contributed by atoms with Crippen molar-refractivity contribution in [1.29, 1.82) is 0 Å². The van der Waals surface area contributed by atoms with E-state index in [9.17, 15) is 5.11 Å². The third-order valence-corrected chi connectivity index (χ3v) is 2.63. The van der Waals surface area contributed by atoms with E-state index < -0.39 is 6.10 Å². The number of aliphatic hydroxyl groups excluding tert-OH is 1. The van der Waals surface area contributed by atoms with E-state index in [1.54, 1.807) is 7.11 Å². The molecular weight excluding hydrogens is 216 g/mol. The Kier molecular flexibility index (Phi) is 4.40. The van der Waals surface area contributed by atoms with Gasteiger partial charge in [-0.3, -0.25) is 0 Å². The van der Waals surface area contributed by atoms with Crippen molar-refractivity contribution in [1.82, 2.24) is 0 Å². The smallest absolute Gasteiger partial charge is 0.166 e. The molecule has 0 aliphatic rings. The van der Waals surface area contributed by atoms with Gasteiger partial charge in [0.25, 0.3) is 0 Å². The van der Waals surface area contributed by atoms with Crippen LogP contribution in [-0.4, -0.2) is 18.8 Å². The molecule has 1 N–H and O–H groups in total. The maximum absolute atomic E-state index is 10.3. The van der Waals surface area contributed by atoms with Crippen molar-refractivity contribution in [3.63, 3.8) is 0 Å². The summed E-state index contributed by atoms with van der Waals surface area (Å²) in [5.41, 5.74) is 0.539. The molecule has 0 saturated carbocycles. The highest BCUT2D eigenvalue weighted by atomic mass is 16.5. The molecule has 0 aliphatic carbocycles. The van der Waals surface area contributed by atoms with E-state index in [-0.39, 0.29) is 5.41 Å². The summed E-state index contributed by atoms with van der Waals surface area (Å²) in [6.07, 6.45) is -0.584. The summed E-state index contributed by atoms with van der Waals surface area (Å²) in [6, 6.07) is 5.58. The van der Waals surface area contributed by atoms with Crippen LogP contribution in [0.15, 0.2) is 18.2 Å². The highest BCUT2D eigenvalue weighted by molar-refractivity contribution is 5.48. The lowest BCUT2D eigenvalue weighted by Crippen LogP contribution is -2.19. The van der Waals surface area contributed by atoms with Crippen LogP contribution in [-0.2, 0) is 0 Å². The van der Waals surface area contributed by atoms with Crippen LogP contribution in [0.1, 0.15) is 39.4 Å². The Bertz CT molecular complexity index is 366. The topological polar surface area (TPSA) is 38.7 Å². The molecule has 0 radical (unpaired) electrons. The molecule has 1 atom stereocenters. The second kappa shape index (κ2) is 5.41. The maximum atomic E-state index is 10.3. The Hall–Kier alpha value is -1.22. The maximum Gasteiger partial charge on any atom is 0.166 e. The van der Waals surface area contributed by atoms with Gasteiger partial charge in [-0.05, 0) is 18.4 Å². The number of hydrogen-bond donors (Lipinski definition) is 1. The van der Waals surface area contributed by atoms with Crippen molar-refractivity contribution in [3.05, 3.63) is 23.8 Å². The van der Waals surface area contributed by atoms with Gasteiger partial charge in [0.15, 0.2) is 11.5 Å².